The van der Waals surface area contributed by atoms with Crippen LogP contribution in [0.4, 0.5) is 19.3 Å². The van der Waals surface area contributed by atoms with Gasteiger partial charge in [0.25, 0.3) is 5.91 Å². The van der Waals surface area contributed by atoms with E-state index in [4.69, 9.17) is 4.74 Å². The van der Waals surface area contributed by atoms with Crippen molar-refractivity contribution in [2.45, 2.75) is 13.0 Å². The Labute approximate surface area is 154 Å². The molecule has 6 nitrogen and oxygen atoms in total. The molecule has 1 atom stereocenters. The molecule has 3 N–H and O–H groups in total. The number of carbonyl (C=O) groups excluding carboxylic acids is 2. The van der Waals surface area contributed by atoms with Crippen molar-refractivity contribution in [2.24, 2.45) is 0 Å². The van der Waals surface area contributed by atoms with Crippen LogP contribution >= 0.6 is 0 Å². The van der Waals surface area contributed by atoms with Crippen LogP contribution in [0, 0.1) is 11.6 Å². The number of anilines is 1. The van der Waals surface area contributed by atoms with Crippen molar-refractivity contribution in [3.63, 3.8) is 0 Å². The Hall–Kier alpha value is -3.42. The predicted molar refractivity (Wildman–Crippen MR) is 95.1 cm³/mol. The van der Waals surface area contributed by atoms with Crippen LogP contribution in [0.3, 0.4) is 0 Å². The SMILES string of the molecule is COc1ccccc1C1NC(=O)NC(C)=C1C(=O)Nc1ccc(F)c(F)c1. The third-order valence-corrected chi connectivity index (χ3v) is 4.14. The molecule has 1 unspecified atom stereocenters. The van der Waals surface area contributed by atoms with Crippen LogP contribution < -0.4 is 20.7 Å². The van der Waals surface area contributed by atoms with Crippen LogP contribution in [0.25, 0.3) is 0 Å². The Balaban J connectivity index is 1.98. The minimum absolute atomic E-state index is 0.0925. The highest BCUT2D eigenvalue weighted by Gasteiger charge is 2.32. The average molecular weight is 373 g/mol. The number of rotatable bonds is 4. The summed E-state index contributed by atoms with van der Waals surface area (Å²) in [5.41, 5.74) is 1.25. The lowest BCUT2D eigenvalue weighted by Crippen LogP contribution is -2.46. The lowest BCUT2D eigenvalue weighted by Gasteiger charge is -2.29. The minimum Gasteiger partial charge on any atom is -0.496 e. The highest BCUT2D eigenvalue weighted by Crippen LogP contribution is 2.33. The zero-order valence-electron chi connectivity index (χ0n) is 14.6. The molecule has 8 heteroatoms. The Kier molecular flexibility index (Phi) is 5.07. The van der Waals surface area contributed by atoms with Gasteiger partial charge in [0.2, 0.25) is 0 Å². The van der Waals surface area contributed by atoms with E-state index in [1.165, 1.54) is 13.2 Å². The molecule has 1 aliphatic rings. The molecule has 140 valence electrons. The molecule has 3 amide bonds. The summed E-state index contributed by atoms with van der Waals surface area (Å²) in [6.07, 6.45) is 0. The Morgan fingerprint density at radius 3 is 2.59 bits per heavy atom. The molecular formula is C19H17F2N3O3. The van der Waals surface area contributed by atoms with E-state index in [-0.39, 0.29) is 11.3 Å². The van der Waals surface area contributed by atoms with Crippen LogP contribution in [0.5, 0.6) is 5.75 Å². The summed E-state index contributed by atoms with van der Waals surface area (Å²) in [5, 5.41) is 7.77. The van der Waals surface area contributed by atoms with E-state index in [1.54, 1.807) is 31.2 Å². The molecule has 1 heterocycles. The first-order chi connectivity index (χ1) is 12.9. The standard InChI is InChI=1S/C19H17F2N3O3/c1-10-16(18(25)23-11-7-8-13(20)14(21)9-11)17(24-19(26)22-10)12-5-3-4-6-15(12)27-2/h3-9,17H,1-2H3,(H,23,25)(H2,22,24,26). The van der Waals surface area contributed by atoms with Crippen molar-refractivity contribution in [1.82, 2.24) is 10.6 Å². The van der Waals surface area contributed by atoms with E-state index in [9.17, 15) is 18.4 Å². The van der Waals surface area contributed by atoms with E-state index in [0.717, 1.165) is 12.1 Å². The third-order valence-electron chi connectivity index (χ3n) is 4.14. The number of ether oxygens (including phenoxy) is 1. The molecule has 0 saturated carbocycles. The normalized spacial score (nSPS) is 16.4. The largest absolute Gasteiger partial charge is 0.496 e. The van der Waals surface area contributed by atoms with E-state index in [2.05, 4.69) is 16.0 Å². The van der Waals surface area contributed by atoms with Crippen molar-refractivity contribution >= 4 is 17.6 Å². The second kappa shape index (κ2) is 7.45. The summed E-state index contributed by atoms with van der Waals surface area (Å²) in [5.74, 6) is -2.16. The third kappa shape index (κ3) is 3.74. The van der Waals surface area contributed by atoms with Crippen molar-refractivity contribution in [2.75, 3.05) is 12.4 Å². The molecule has 0 saturated heterocycles. The van der Waals surface area contributed by atoms with Gasteiger partial charge in [0.15, 0.2) is 11.6 Å². The quantitative estimate of drug-likeness (QED) is 0.770. The van der Waals surface area contributed by atoms with Gasteiger partial charge >= 0.3 is 6.03 Å². The Bertz CT molecular complexity index is 944. The van der Waals surface area contributed by atoms with Gasteiger partial charge in [-0.05, 0) is 25.1 Å². The number of urea groups is 1. The molecular weight excluding hydrogens is 356 g/mol. The monoisotopic (exact) mass is 373 g/mol. The van der Waals surface area contributed by atoms with Crippen LogP contribution in [0.2, 0.25) is 0 Å². The maximum absolute atomic E-state index is 13.4. The van der Waals surface area contributed by atoms with E-state index >= 15 is 0 Å². The number of hydrogen-bond donors (Lipinski definition) is 3. The first kappa shape index (κ1) is 18.4. The summed E-state index contributed by atoms with van der Waals surface area (Å²) >= 11 is 0. The van der Waals surface area contributed by atoms with Gasteiger partial charge in [0, 0.05) is 23.0 Å². The highest BCUT2D eigenvalue weighted by molar-refractivity contribution is 6.06. The van der Waals surface area contributed by atoms with Crippen LogP contribution in [-0.2, 0) is 4.79 Å². The number of allylic oxidation sites excluding steroid dienone is 1. The van der Waals surface area contributed by atoms with Crippen LogP contribution in [-0.4, -0.2) is 19.0 Å². The van der Waals surface area contributed by atoms with Crippen molar-refractivity contribution in [1.29, 1.82) is 0 Å². The number of amides is 3. The summed E-state index contributed by atoms with van der Waals surface area (Å²) in [6.45, 7) is 1.58. The van der Waals surface area contributed by atoms with Crippen molar-refractivity contribution in [3.05, 3.63) is 70.9 Å². The maximum atomic E-state index is 13.4. The fraction of sp³-hybridized carbons (Fsp3) is 0.158. The van der Waals surface area contributed by atoms with Gasteiger partial charge in [-0.3, -0.25) is 4.79 Å². The molecule has 0 radical (unpaired) electrons. The van der Waals surface area contributed by atoms with E-state index in [0.29, 0.717) is 17.0 Å². The number of halogens is 2. The lowest BCUT2D eigenvalue weighted by atomic mass is 9.94. The minimum atomic E-state index is -1.07. The first-order valence-corrected chi connectivity index (χ1v) is 8.08. The van der Waals surface area contributed by atoms with Gasteiger partial charge in [0.05, 0.1) is 18.7 Å². The summed E-state index contributed by atoms with van der Waals surface area (Å²) in [6, 6.07) is 8.78. The molecule has 1 aliphatic heterocycles. The number of hydrogen-bond acceptors (Lipinski definition) is 3. The highest BCUT2D eigenvalue weighted by atomic mass is 19.2. The second-order valence-corrected chi connectivity index (χ2v) is 5.90. The summed E-state index contributed by atoms with van der Waals surface area (Å²) in [7, 11) is 1.49. The molecule has 2 aromatic carbocycles. The molecule has 27 heavy (non-hydrogen) atoms. The Morgan fingerprint density at radius 1 is 1.15 bits per heavy atom. The number of para-hydroxylation sites is 1. The number of benzene rings is 2. The molecule has 0 spiro atoms. The van der Waals surface area contributed by atoms with Crippen molar-refractivity contribution in [3.8, 4) is 5.75 Å². The zero-order chi connectivity index (χ0) is 19.6. The van der Waals surface area contributed by atoms with Gasteiger partial charge in [-0.25, -0.2) is 13.6 Å². The number of methoxy groups -OCH3 is 1. The molecule has 0 aliphatic carbocycles. The molecule has 0 aromatic heterocycles. The average Bonchev–Trinajstić information content (AvgIpc) is 2.64. The van der Waals surface area contributed by atoms with Crippen molar-refractivity contribution < 1.29 is 23.1 Å². The van der Waals surface area contributed by atoms with E-state index < -0.39 is 29.6 Å². The molecule has 0 fully saturated rings. The topological polar surface area (TPSA) is 79.5 Å². The fourth-order valence-electron chi connectivity index (χ4n) is 2.91. The van der Waals surface area contributed by atoms with Gasteiger partial charge in [-0.15, -0.1) is 0 Å². The first-order valence-electron chi connectivity index (χ1n) is 8.08. The molecule has 3 rings (SSSR count). The summed E-state index contributed by atoms with van der Waals surface area (Å²) < 4.78 is 31.8. The molecule has 0 bridgehead atoms. The Morgan fingerprint density at radius 2 is 1.89 bits per heavy atom. The molecule has 2 aromatic rings. The maximum Gasteiger partial charge on any atom is 0.319 e. The van der Waals surface area contributed by atoms with Gasteiger partial charge < -0.3 is 20.7 Å². The second-order valence-electron chi connectivity index (χ2n) is 5.90. The zero-order valence-corrected chi connectivity index (χ0v) is 14.6. The lowest BCUT2D eigenvalue weighted by molar-refractivity contribution is -0.113. The van der Waals surface area contributed by atoms with Gasteiger partial charge in [0.1, 0.15) is 5.75 Å². The number of nitrogens with one attached hydrogen (secondary N) is 3. The van der Waals surface area contributed by atoms with Crippen LogP contribution in [0.15, 0.2) is 53.7 Å². The summed E-state index contributed by atoms with van der Waals surface area (Å²) in [4.78, 5) is 24.8. The van der Waals surface area contributed by atoms with Crippen LogP contribution in [0.1, 0.15) is 18.5 Å². The van der Waals surface area contributed by atoms with Gasteiger partial charge in [-0.1, -0.05) is 18.2 Å². The van der Waals surface area contributed by atoms with Gasteiger partial charge in [-0.2, -0.15) is 0 Å². The smallest absolute Gasteiger partial charge is 0.319 e. The predicted octanol–water partition coefficient (Wildman–Crippen LogP) is 3.24. The van der Waals surface area contributed by atoms with E-state index in [1.807, 2.05) is 0 Å². The fourth-order valence-corrected chi connectivity index (χ4v) is 2.91. The number of carbonyl (C=O) groups is 2.